The molecule has 0 aliphatic heterocycles. The number of anilines is 2. The number of hydrogen-bond donors (Lipinski definition) is 2. The summed E-state index contributed by atoms with van der Waals surface area (Å²) in [4.78, 5) is 64.0. The number of benzene rings is 2. The summed E-state index contributed by atoms with van der Waals surface area (Å²) >= 11 is 0. The number of esters is 4. The van der Waals surface area contributed by atoms with Crippen LogP contribution in [-0.2, 0) is 29.8 Å². The van der Waals surface area contributed by atoms with E-state index in [9.17, 15) is 19.2 Å². The Morgan fingerprint density at radius 3 is 1.13 bits per heavy atom. The molecular formula is C65H96N12O8. The third kappa shape index (κ3) is 19.6. The van der Waals surface area contributed by atoms with Crippen molar-refractivity contribution in [3.63, 3.8) is 0 Å². The Labute approximate surface area is 504 Å². The predicted octanol–water partition coefficient (Wildman–Crippen LogP) is 16.7. The Balaban J connectivity index is 1.55. The summed E-state index contributed by atoms with van der Waals surface area (Å²) in [7, 11) is 0. The van der Waals surface area contributed by atoms with Crippen molar-refractivity contribution in [1.82, 2.24) is 29.5 Å². The summed E-state index contributed by atoms with van der Waals surface area (Å²) in [6.07, 6.45) is 15.8. The zero-order valence-electron chi connectivity index (χ0n) is 53.3. The number of nitrogen functional groups attached to an aromatic ring is 2. The lowest BCUT2D eigenvalue weighted by Crippen LogP contribution is -2.18. The van der Waals surface area contributed by atoms with Gasteiger partial charge in [0.25, 0.3) is 0 Å². The van der Waals surface area contributed by atoms with E-state index in [0.717, 1.165) is 89.9 Å². The topological polar surface area (TPSA) is 268 Å². The lowest BCUT2D eigenvalue weighted by atomic mass is 9.91. The van der Waals surface area contributed by atoms with Gasteiger partial charge < -0.3 is 30.4 Å². The minimum Gasteiger partial charge on any atom is -0.462 e. The van der Waals surface area contributed by atoms with Crippen LogP contribution in [-0.4, -0.2) is 79.3 Å². The molecule has 464 valence electrons. The first kappa shape index (κ1) is 68.4. The van der Waals surface area contributed by atoms with E-state index >= 15 is 0 Å². The van der Waals surface area contributed by atoms with Crippen LogP contribution >= 0.6 is 0 Å². The first-order valence-corrected chi connectivity index (χ1v) is 31.0. The average molecular weight is 1170 g/mol. The van der Waals surface area contributed by atoms with Gasteiger partial charge in [-0.3, -0.25) is 0 Å². The van der Waals surface area contributed by atoms with Gasteiger partial charge in [0, 0.05) is 16.9 Å². The number of carbonyl (C=O) groups is 4. The molecule has 3 aromatic heterocycles. The molecule has 0 amide bonds. The molecular weight excluding hydrogens is 1080 g/mol. The van der Waals surface area contributed by atoms with Gasteiger partial charge in [0.2, 0.25) is 0 Å². The van der Waals surface area contributed by atoms with Gasteiger partial charge in [-0.2, -0.15) is 29.8 Å². The standard InChI is InChI=1S/C65H96N12O8/c1-15-23-27-42(19-5)38-82-60(78)45-31-46(61(79)83-39-43(20-6)28-24-16-2)34-49(33-45)70-72-54-56(64(9,10)11)74-76(58(54)66)52-37-53(69-41-68-52)77-59(67)55(57(75-77)65(12,13)14)73-71-50-35-47(62(80)84-40-44(21-7)29-25-17-3)32-48(36-50)63(81)85-51(22-8)30-26-18-4/h31-37,41-44,51H,15-30,38-40,66-67H2,1-14H3. The summed E-state index contributed by atoms with van der Waals surface area (Å²) in [6, 6.07) is 10.7. The number of hydrogen-bond acceptors (Lipinski definition) is 18. The lowest BCUT2D eigenvalue weighted by Gasteiger charge is -2.17. The molecule has 4 N–H and O–H groups in total. The number of rotatable bonds is 33. The van der Waals surface area contributed by atoms with Crippen LogP contribution in [0.1, 0.15) is 252 Å². The van der Waals surface area contributed by atoms with Crippen LogP contribution in [0, 0.1) is 17.8 Å². The fraction of sp³-hybridized carbons (Fsp3) is 0.600. The first-order chi connectivity index (χ1) is 40.5. The van der Waals surface area contributed by atoms with Crippen LogP contribution in [0.15, 0.2) is 69.2 Å². The molecule has 0 aliphatic rings. The molecule has 0 fully saturated rings. The normalized spacial score (nSPS) is 13.5. The average Bonchev–Trinajstić information content (AvgIpc) is 4.27. The Kier molecular flexibility index (Phi) is 26.4. The molecule has 20 nitrogen and oxygen atoms in total. The van der Waals surface area contributed by atoms with Gasteiger partial charge in [-0.15, -0.1) is 10.2 Å². The number of nitrogens with zero attached hydrogens (tertiary/aromatic N) is 10. The molecule has 0 aliphatic carbocycles. The molecule has 5 aromatic rings. The number of azo groups is 2. The Hall–Kier alpha value is -7.38. The Morgan fingerprint density at radius 1 is 0.471 bits per heavy atom. The molecule has 20 heteroatoms. The van der Waals surface area contributed by atoms with Crippen molar-refractivity contribution in [2.75, 3.05) is 31.3 Å². The van der Waals surface area contributed by atoms with Crippen molar-refractivity contribution in [1.29, 1.82) is 0 Å². The van der Waals surface area contributed by atoms with Gasteiger partial charge in [0.05, 0.1) is 64.8 Å². The van der Waals surface area contributed by atoms with Crippen molar-refractivity contribution in [2.24, 2.45) is 38.2 Å². The monoisotopic (exact) mass is 1170 g/mol. The summed E-state index contributed by atoms with van der Waals surface area (Å²) in [6.45, 7) is 29.2. The molecule has 3 heterocycles. The molecule has 5 rings (SSSR count). The van der Waals surface area contributed by atoms with E-state index in [1.807, 2.05) is 48.5 Å². The SMILES string of the molecule is CCCCC(CC)COC(=O)c1cc(N=Nc2c(C(C)(C)C)nn(-c3cc(-n4nc(C(C)(C)C)c(N=Nc5cc(C(=O)OCC(CC)CCCC)cc(C(=O)OC(CC)CCCC)c5)c4N)ncn3)c2N)cc(C(=O)OCC(CC)CCCC)c1. The van der Waals surface area contributed by atoms with Crippen molar-refractivity contribution in [3.05, 3.63) is 82.4 Å². The van der Waals surface area contributed by atoms with Gasteiger partial charge in [-0.05, 0) is 86.3 Å². The van der Waals surface area contributed by atoms with Crippen molar-refractivity contribution >= 4 is 58.3 Å². The highest BCUT2D eigenvalue weighted by Crippen LogP contribution is 2.40. The number of aromatic nitrogens is 6. The van der Waals surface area contributed by atoms with Crippen LogP contribution in [0.4, 0.5) is 34.4 Å². The first-order valence-electron chi connectivity index (χ1n) is 31.0. The summed E-state index contributed by atoms with van der Waals surface area (Å²) in [5.41, 5.74) is 15.0. The minimum atomic E-state index is -0.626. The Morgan fingerprint density at radius 2 is 0.812 bits per heavy atom. The van der Waals surface area contributed by atoms with E-state index < -0.39 is 34.7 Å². The molecule has 0 saturated carbocycles. The second-order valence-corrected chi connectivity index (χ2v) is 24.3. The summed E-state index contributed by atoms with van der Waals surface area (Å²) in [5.74, 6) is -1.07. The smallest absolute Gasteiger partial charge is 0.338 e. The van der Waals surface area contributed by atoms with Gasteiger partial charge in [-0.25, -0.2) is 29.1 Å². The van der Waals surface area contributed by atoms with Gasteiger partial charge in [-0.1, -0.05) is 168 Å². The maximum atomic E-state index is 13.8. The molecule has 0 radical (unpaired) electrons. The number of ether oxygens (including phenoxy) is 4. The third-order valence-corrected chi connectivity index (χ3v) is 15.2. The molecule has 4 atom stereocenters. The van der Waals surface area contributed by atoms with Crippen LogP contribution < -0.4 is 11.5 Å². The molecule has 0 spiro atoms. The van der Waals surface area contributed by atoms with Crippen LogP contribution in [0.3, 0.4) is 0 Å². The quantitative estimate of drug-likeness (QED) is 0.0225. The van der Waals surface area contributed by atoms with E-state index in [1.165, 1.54) is 52.1 Å². The van der Waals surface area contributed by atoms with Crippen molar-refractivity contribution in [3.8, 4) is 11.6 Å². The molecule has 4 unspecified atom stereocenters. The highest BCUT2D eigenvalue weighted by molar-refractivity contribution is 5.98. The zero-order chi connectivity index (χ0) is 62.4. The third-order valence-electron chi connectivity index (χ3n) is 15.2. The molecule has 0 bridgehead atoms. The van der Waals surface area contributed by atoms with E-state index in [2.05, 4.69) is 78.9 Å². The summed E-state index contributed by atoms with van der Waals surface area (Å²) < 4.78 is 26.3. The number of unbranched alkanes of at least 4 members (excludes halogenated alkanes) is 4. The highest BCUT2D eigenvalue weighted by Gasteiger charge is 2.31. The maximum absolute atomic E-state index is 13.8. The summed E-state index contributed by atoms with van der Waals surface area (Å²) in [5, 5.41) is 28.3. The van der Waals surface area contributed by atoms with E-state index in [-0.39, 0.29) is 112 Å². The van der Waals surface area contributed by atoms with Gasteiger partial charge in [0.1, 0.15) is 12.4 Å². The number of carbonyl (C=O) groups excluding carboxylic acids is 4. The van der Waals surface area contributed by atoms with E-state index in [0.29, 0.717) is 24.2 Å². The zero-order valence-corrected chi connectivity index (χ0v) is 53.3. The maximum Gasteiger partial charge on any atom is 0.338 e. The minimum absolute atomic E-state index is 0.0870. The molecule has 2 aromatic carbocycles. The van der Waals surface area contributed by atoms with Crippen molar-refractivity contribution < 1.29 is 38.1 Å². The van der Waals surface area contributed by atoms with Crippen molar-refractivity contribution in [2.45, 2.75) is 217 Å². The molecule has 85 heavy (non-hydrogen) atoms. The fourth-order valence-electron chi connectivity index (χ4n) is 9.52. The van der Waals surface area contributed by atoms with Crippen LogP contribution in [0.5, 0.6) is 0 Å². The second-order valence-electron chi connectivity index (χ2n) is 24.3. The van der Waals surface area contributed by atoms with E-state index in [1.54, 1.807) is 6.07 Å². The van der Waals surface area contributed by atoms with Gasteiger partial charge >= 0.3 is 23.9 Å². The van der Waals surface area contributed by atoms with Gasteiger partial charge in [0.15, 0.2) is 34.6 Å². The lowest BCUT2D eigenvalue weighted by molar-refractivity contribution is 0.0267. The fourth-order valence-corrected chi connectivity index (χ4v) is 9.52. The second kappa shape index (κ2) is 32.8. The van der Waals surface area contributed by atoms with E-state index in [4.69, 9.17) is 40.6 Å². The predicted molar refractivity (Wildman–Crippen MR) is 334 cm³/mol. The highest BCUT2D eigenvalue weighted by atomic mass is 16.5. The largest absolute Gasteiger partial charge is 0.462 e. The van der Waals surface area contributed by atoms with Crippen LogP contribution in [0.2, 0.25) is 0 Å². The number of nitrogens with two attached hydrogens (primary N) is 2. The van der Waals surface area contributed by atoms with Crippen LogP contribution in [0.25, 0.3) is 11.6 Å². The molecule has 0 saturated heterocycles. The Bertz CT molecular complexity index is 3010.